The lowest BCUT2D eigenvalue weighted by atomic mass is 10.2. The summed E-state index contributed by atoms with van der Waals surface area (Å²) >= 11 is 0. The fourth-order valence-corrected chi connectivity index (χ4v) is 2.72. The second kappa shape index (κ2) is 6.81. The molecule has 1 aromatic carbocycles. The number of ether oxygens (including phenoxy) is 2. The van der Waals surface area contributed by atoms with Crippen LogP contribution in [0, 0.1) is 0 Å². The van der Waals surface area contributed by atoms with E-state index in [4.69, 9.17) is 9.47 Å². The number of para-hydroxylation sites is 1. The van der Waals surface area contributed by atoms with E-state index in [0.29, 0.717) is 25.5 Å². The summed E-state index contributed by atoms with van der Waals surface area (Å²) in [6.45, 7) is 1.79. The molecule has 3 heterocycles. The Morgan fingerprint density at radius 2 is 2.17 bits per heavy atom. The van der Waals surface area contributed by atoms with Crippen molar-refractivity contribution < 1.29 is 9.47 Å². The first-order valence-electron chi connectivity index (χ1n) is 7.82. The van der Waals surface area contributed by atoms with Gasteiger partial charge in [0.2, 0.25) is 0 Å². The summed E-state index contributed by atoms with van der Waals surface area (Å²) in [4.78, 5) is 0. The van der Waals surface area contributed by atoms with Gasteiger partial charge in [-0.05, 0) is 12.1 Å². The molecule has 3 aromatic rings. The van der Waals surface area contributed by atoms with E-state index in [-0.39, 0.29) is 12.1 Å². The summed E-state index contributed by atoms with van der Waals surface area (Å²) in [5.41, 5.74) is 1.97. The van der Waals surface area contributed by atoms with Gasteiger partial charge in [0.15, 0.2) is 5.75 Å². The van der Waals surface area contributed by atoms with Crippen LogP contribution in [-0.2, 0) is 11.3 Å². The Kier molecular flexibility index (Phi) is 4.22. The summed E-state index contributed by atoms with van der Waals surface area (Å²) in [6, 6.07) is 10.0. The third-order valence-corrected chi connectivity index (χ3v) is 3.95. The third kappa shape index (κ3) is 3.15. The Hall–Kier alpha value is -2.71. The average molecular weight is 326 g/mol. The van der Waals surface area contributed by atoms with Crippen molar-refractivity contribution in [3.63, 3.8) is 0 Å². The van der Waals surface area contributed by atoms with Gasteiger partial charge >= 0.3 is 0 Å². The van der Waals surface area contributed by atoms with E-state index in [1.165, 1.54) is 0 Å². The number of rotatable bonds is 6. The number of hydrogen-bond acceptors (Lipinski definition) is 6. The van der Waals surface area contributed by atoms with Crippen molar-refractivity contribution in [2.24, 2.45) is 0 Å². The number of H-pyrrole nitrogens is 1. The Bertz CT molecular complexity index is 758. The molecule has 1 saturated heterocycles. The third-order valence-electron chi connectivity index (χ3n) is 3.95. The molecule has 0 spiro atoms. The molecule has 2 aromatic heterocycles. The van der Waals surface area contributed by atoms with Crippen LogP contribution in [0.25, 0.3) is 5.69 Å². The largest absolute Gasteiger partial charge is 0.483 e. The molecule has 0 bridgehead atoms. The summed E-state index contributed by atoms with van der Waals surface area (Å²) in [5, 5.41) is 18.3. The van der Waals surface area contributed by atoms with E-state index >= 15 is 0 Å². The normalized spacial score (nSPS) is 20.3. The predicted molar refractivity (Wildman–Crippen MR) is 85.8 cm³/mol. The SMILES string of the molecule is c1ccc(-n2nncc2CN[C@H]2COC[C@H]2Oc2cn[nH]c2)cc1. The standard InChI is InChI=1S/C16H18N6O2/c1-2-4-12(5-3-1)22-13(7-20-21-22)6-17-15-10-23-11-16(15)24-14-8-18-19-9-14/h1-5,7-9,15-17H,6,10-11H2,(H,18,19)/t15-,16+/m0/s1. The van der Waals surface area contributed by atoms with Crippen molar-refractivity contribution >= 4 is 0 Å². The zero-order chi connectivity index (χ0) is 16.2. The van der Waals surface area contributed by atoms with Gasteiger partial charge in [-0.1, -0.05) is 23.4 Å². The van der Waals surface area contributed by atoms with Gasteiger partial charge in [-0.3, -0.25) is 5.10 Å². The van der Waals surface area contributed by atoms with Crippen molar-refractivity contribution in [1.82, 2.24) is 30.5 Å². The molecular formula is C16H18N6O2. The Labute approximate surface area is 138 Å². The zero-order valence-corrected chi connectivity index (χ0v) is 13.0. The molecule has 4 rings (SSSR count). The molecule has 8 nitrogen and oxygen atoms in total. The molecular weight excluding hydrogens is 308 g/mol. The van der Waals surface area contributed by atoms with E-state index in [9.17, 15) is 0 Å². The van der Waals surface area contributed by atoms with Gasteiger partial charge in [-0.2, -0.15) is 5.10 Å². The maximum atomic E-state index is 5.89. The Balaban J connectivity index is 1.41. The minimum Gasteiger partial charge on any atom is -0.483 e. The van der Waals surface area contributed by atoms with Crippen molar-refractivity contribution in [2.75, 3.05) is 13.2 Å². The van der Waals surface area contributed by atoms with E-state index in [1.54, 1.807) is 18.6 Å². The van der Waals surface area contributed by atoms with Gasteiger partial charge in [-0.15, -0.1) is 5.10 Å². The van der Waals surface area contributed by atoms with E-state index < -0.39 is 0 Å². The molecule has 2 atom stereocenters. The van der Waals surface area contributed by atoms with Gasteiger partial charge in [0.1, 0.15) is 6.10 Å². The molecule has 0 amide bonds. The highest BCUT2D eigenvalue weighted by atomic mass is 16.5. The van der Waals surface area contributed by atoms with Gasteiger partial charge in [0.05, 0.1) is 49.2 Å². The molecule has 8 heteroatoms. The number of aromatic nitrogens is 5. The quantitative estimate of drug-likeness (QED) is 0.700. The maximum absolute atomic E-state index is 5.89. The van der Waals surface area contributed by atoms with Crippen molar-refractivity contribution in [2.45, 2.75) is 18.7 Å². The number of aromatic amines is 1. The van der Waals surface area contributed by atoms with Crippen LogP contribution >= 0.6 is 0 Å². The second-order valence-electron chi connectivity index (χ2n) is 5.59. The topological polar surface area (TPSA) is 89.9 Å². The molecule has 24 heavy (non-hydrogen) atoms. The molecule has 0 aliphatic carbocycles. The van der Waals surface area contributed by atoms with Crippen molar-refractivity contribution in [3.8, 4) is 11.4 Å². The molecule has 0 saturated carbocycles. The number of nitrogens with zero attached hydrogens (tertiary/aromatic N) is 4. The van der Waals surface area contributed by atoms with Crippen molar-refractivity contribution in [3.05, 3.63) is 54.6 Å². The van der Waals surface area contributed by atoms with Crippen LogP contribution in [0.3, 0.4) is 0 Å². The molecule has 1 aliphatic rings. The lowest BCUT2D eigenvalue weighted by Gasteiger charge is -2.19. The number of nitrogens with one attached hydrogen (secondary N) is 2. The van der Waals surface area contributed by atoms with Crippen LogP contribution in [0.5, 0.6) is 5.75 Å². The van der Waals surface area contributed by atoms with Gasteiger partial charge in [0, 0.05) is 6.54 Å². The van der Waals surface area contributed by atoms with Crippen LogP contribution in [0.4, 0.5) is 0 Å². The minimum absolute atomic E-state index is 0.0522. The smallest absolute Gasteiger partial charge is 0.157 e. The Morgan fingerprint density at radius 1 is 1.25 bits per heavy atom. The second-order valence-corrected chi connectivity index (χ2v) is 5.59. The molecule has 124 valence electrons. The number of benzene rings is 1. The fourth-order valence-electron chi connectivity index (χ4n) is 2.72. The summed E-state index contributed by atoms with van der Waals surface area (Å²) in [7, 11) is 0. The van der Waals surface area contributed by atoms with Gasteiger partial charge in [-0.25, -0.2) is 4.68 Å². The minimum atomic E-state index is -0.0522. The highest BCUT2D eigenvalue weighted by molar-refractivity contribution is 5.31. The lowest BCUT2D eigenvalue weighted by molar-refractivity contribution is 0.139. The Morgan fingerprint density at radius 3 is 3.00 bits per heavy atom. The highest BCUT2D eigenvalue weighted by Gasteiger charge is 2.30. The zero-order valence-electron chi connectivity index (χ0n) is 13.0. The first-order chi connectivity index (χ1) is 11.9. The molecule has 0 unspecified atom stereocenters. The van der Waals surface area contributed by atoms with Crippen molar-refractivity contribution in [1.29, 1.82) is 0 Å². The maximum Gasteiger partial charge on any atom is 0.157 e. The van der Waals surface area contributed by atoms with E-state index in [0.717, 1.165) is 11.4 Å². The first-order valence-corrected chi connectivity index (χ1v) is 7.82. The summed E-state index contributed by atoms with van der Waals surface area (Å²) in [5.74, 6) is 0.716. The predicted octanol–water partition coefficient (Wildman–Crippen LogP) is 0.926. The van der Waals surface area contributed by atoms with Crippen LogP contribution in [-0.4, -0.2) is 50.6 Å². The average Bonchev–Trinajstić information content (AvgIpc) is 3.36. The fraction of sp³-hybridized carbons (Fsp3) is 0.312. The molecule has 2 N–H and O–H groups in total. The summed E-state index contributed by atoms with van der Waals surface area (Å²) in [6.07, 6.45) is 5.10. The van der Waals surface area contributed by atoms with E-state index in [2.05, 4.69) is 25.8 Å². The van der Waals surface area contributed by atoms with Crippen LogP contribution in [0.2, 0.25) is 0 Å². The van der Waals surface area contributed by atoms with Gasteiger partial charge in [0.25, 0.3) is 0 Å². The van der Waals surface area contributed by atoms with Crippen LogP contribution < -0.4 is 10.1 Å². The van der Waals surface area contributed by atoms with E-state index in [1.807, 2.05) is 35.0 Å². The number of hydrogen-bond donors (Lipinski definition) is 2. The lowest BCUT2D eigenvalue weighted by Crippen LogP contribution is -2.41. The molecule has 1 fully saturated rings. The first kappa shape index (κ1) is 14.9. The molecule has 1 aliphatic heterocycles. The molecule has 0 radical (unpaired) electrons. The van der Waals surface area contributed by atoms with Crippen LogP contribution in [0.1, 0.15) is 5.69 Å². The monoisotopic (exact) mass is 326 g/mol. The van der Waals surface area contributed by atoms with Crippen LogP contribution in [0.15, 0.2) is 48.9 Å². The highest BCUT2D eigenvalue weighted by Crippen LogP contribution is 2.16. The summed E-state index contributed by atoms with van der Waals surface area (Å²) < 4.78 is 13.3. The van der Waals surface area contributed by atoms with Gasteiger partial charge < -0.3 is 14.8 Å².